The molecule has 2 rings (SSSR count). The summed E-state index contributed by atoms with van der Waals surface area (Å²) in [6.07, 6.45) is 2.00. The second kappa shape index (κ2) is 7.02. The number of halogens is 1. The maximum absolute atomic E-state index is 10.6. The molecule has 0 spiro atoms. The molecule has 0 saturated carbocycles. The fourth-order valence-corrected chi connectivity index (χ4v) is 2.72. The van der Waals surface area contributed by atoms with Crippen LogP contribution in [0.2, 0.25) is 0 Å². The van der Waals surface area contributed by atoms with Gasteiger partial charge < -0.3 is 9.84 Å². The van der Waals surface area contributed by atoms with Gasteiger partial charge in [0, 0.05) is 13.7 Å². The highest BCUT2D eigenvalue weighted by Gasteiger charge is 2.19. The Bertz CT molecular complexity index is 569. The van der Waals surface area contributed by atoms with Crippen molar-refractivity contribution in [2.45, 2.75) is 32.6 Å². The highest BCUT2D eigenvalue weighted by molar-refractivity contribution is 9.10. The number of aliphatic hydroxyl groups excluding tert-OH is 1. The molecule has 5 heteroatoms. The van der Waals surface area contributed by atoms with Crippen molar-refractivity contribution in [3.63, 3.8) is 0 Å². The molecule has 0 fully saturated rings. The standard InChI is InChI=1S/C15H19BrN2O2/c1-3-7-18-14(13(16)9-17-18)15(19)12-6-4-5-11(8-12)10-20-2/h4-6,8-9,15,19H,3,7,10H2,1-2H3. The summed E-state index contributed by atoms with van der Waals surface area (Å²) in [5, 5.41) is 14.9. The predicted octanol–water partition coefficient (Wildman–Crippen LogP) is 3.28. The smallest absolute Gasteiger partial charge is 0.122 e. The van der Waals surface area contributed by atoms with Crippen molar-refractivity contribution in [1.82, 2.24) is 9.78 Å². The molecule has 2 aromatic rings. The van der Waals surface area contributed by atoms with Gasteiger partial charge in [0.2, 0.25) is 0 Å². The lowest BCUT2D eigenvalue weighted by Gasteiger charge is -2.15. The maximum Gasteiger partial charge on any atom is 0.122 e. The van der Waals surface area contributed by atoms with Crippen LogP contribution in [-0.4, -0.2) is 22.0 Å². The molecular weight excluding hydrogens is 320 g/mol. The van der Waals surface area contributed by atoms with E-state index in [1.54, 1.807) is 13.3 Å². The van der Waals surface area contributed by atoms with Crippen molar-refractivity contribution in [3.05, 3.63) is 51.8 Å². The number of aliphatic hydroxyl groups is 1. The molecule has 1 aromatic carbocycles. The molecule has 0 bridgehead atoms. The molecule has 108 valence electrons. The van der Waals surface area contributed by atoms with Crippen molar-refractivity contribution in [3.8, 4) is 0 Å². The van der Waals surface area contributed by atoms with Gasteiger partial charge in [-0.3, -0.25) is 4.68 Å². The quantitative estimate of drug-likeness (QED) is 0.879. The normalized spacial score (nSPS) is 12.6. The number of aryl methyl sites for hydroxylation is 1. The minimum absolute atomic E-state index is 0.538. The molecule has 4 nitrogen and oxygen atoms in total. The second-order valence-electron chi connectivity index (χ2n) is 4.68. The van der Waals surface area contributed by atoms with Gasteiger partial charge in [-0.15, -0.1) is 0 Å². The van der Waals surface area contributed by atoms with Crippen LogP contribution in [0.4, 0.5) is 0 Å². The summed E-state index contributed by atoms with van der Waals surface area (Å²) in [5.41, 5.74) is 2.68. The summed E-state index contributed by atoms with van der Waals surface area (Å²) in [4.78, 5) is 0. The van der Waals surface area contributed by atoms with Crippen LogP contribution >= 0.6 is 15.9 Å². The zero-order valence-electron chi connectivity index (χ0n) is 11.7. The van der Waals surface area contributed by atoms with Crippen LogP contribution < -0.4 is 0 Å². The van der Waals surface area contributed by atoms with Gasteiger partial charge in [-0.1, -0.05) is 31.2 Å². The van der Waals surface area contributed by atoms with Gasteiger partial charge in [0.25, 0.3) is 0 Å². The summed E-state index contributed by atoms with van der Waals surface area (Å²) in [6.45, 7) is 3.41. The molecule has 0 aliphatic carbocycles. The van der Waals surface area contributed by atoms with Gasteiger partial charge >= 0.3 is 0 Å². The van der Waals surface area contributed by atoms with Crippen LogP contribution in [0.3, 0.4) is 0 Å². The van der Waals surface area contributed by atoms with Crippen LogP contribution in [-0.2, 0) is 17.9 Å². The molecule has 20 heavy (non-hydrogen) atoms. The summed E-state index contributed by atoms with van der Waals surface area (Å²) in [5.74, 6) is 0. The first-order valence-corrected chi connectivity index (χ1v) is 7.43. The van der Waals surface area contributed by atoms with E-state index >= 15 is 0 Å². The monoisotopic (exact) mass is 338 g/mol. The Labute approximate surface area is 127 Å². The minimum Gasteiger partial charge on any atom is -0.382 e. The van der Waals surface area contributed by atoms with E-state index in [0.29, 0.717) is 6.61 Å². The molecule has 1 heterocycles. The fraction of sp³-hybridized carbons (Fsp3) is 0.400. The van der Waals surface area contributed by atoms with E-state index < -0.39 is 6.10 Å². The van der Waals surface area contributed by atoms with Gasteiger partial charge in [0.15, 0.2) is 0 Å². The molecular formula is C15H19BrN2O2. The first-order chi connectivity index (χ1) is 9.67. The number of ether oxygens (including phenoxy) is 1. The predicted molar refractivity (Wildman–Crippen MR) is 81.4 cm³/mol. The van der Waals surface area contributed by atoms with Gasteiger partial charge in [0.1, 0.15) is 6.10 Å². The number of aromatic nitrogens is 2. The fourth-order valence-electron chi connectivity index (χ4n) is 2.21. The summed E-state index contributed by atoms with van der Waals surface area (Å²) >= 11 is 3.47. The SMILES string of the molecule is CCCn1ncc(Br)c1C(O)c1cccc(COC)c1. The number of rotatable bonds is 6. The summed E-state index contributed by atoms with van der Waals surface area (Å²) in [6, 6.07) is 7.79. The van der Waals surface area contributed by atoms with Gasteiger partial charge in [0.05, 0.1) is 23.0 Å². The number of methoxy groups -OCH3 is 1. The van der Waals surface area contributed by atoms with Crippen molar-refractivity contribution < 1.29 is 9.84 Å². The van der Waals surface area contributed by atoms with Crippen molar-refractivity contribution in [1.29, 1.82) is 0 Å². The lowest BCUT2D eigenvalue weighted by molar-refractivity contribution is 0.183. The van der Waals surface area contributed by atoms with Crippen LogP contribution in [0.25, 0.3) is 0 Å². The van der Waals surface area contributed by atoms with Crippen LogP contribution in [0.1, 0.15) is 36.3 Å². The molecule has 0 radical (unpaired) electrons. The Hall–Kier alpha value is -1.17. The largest absolute Gasteiger partial charge is 0.382 e. The third-order valence-corrected chi connectivity index (χ3v) is 3.72. The highest BCUT2D eigenvalue weighted by atomic mass is 79.9. The van der Waals surface area contributed by atoms with Crippen molar-refractivity contribution in [2.24, 2.45) is 0 Å². The Morgan fingerprint density at radius 3 is 2.95 bits per heavy atom. The second-order valence-corrected chi connectivity index (χ2v) is 5.54. The lowest BCUT2D eigenvalue weighted by Crippen LogP contribution is -2.11. The minimum atomic E-state index is -0.699. The van der Waals surface area contributed by atoms with Gasteiger partial charge in [-0.25, -0.2) is 0 Å². The summed E-state index contributed by atoms with van der Waals surface area (Å²) < 4.78 is 7.81. The zero-order valence-corrected chi connectivity index (χ0v) is 13.3. The first kappa shape index (κ1) is 15.2. The van der Waals surface area contributed by atoms with E-state index in [9.17, 15) is 5.11 Å². The van der Waals surface area contributed by atoms with Crippen molar-refractivity contribution in [2.75, 3.05) is 7.11 Å². The third-order valence-electron chi connectivity index (χ3n) is 3.11. The van der Waals surface area contributed by atoms with Crippen LogP contribution in [0.5, 0.6) is 0 Å². The third kappa shape index (κ3) is 3.29. The van der Waals surface area contributed by atoms with E-state index in [1.165, 1.54) is 0 Å². The van der Waals surface area contributed by atoms with Crippen molar-refractivity contribution >= 4 is 15.9 Å². The molecule has 0 saturated heterocycles. The molecule has 0 amide bonds. The molecule has 0 aliphatic heterocycles. The topological polar surface area (TPSA) is 47.3 Å². The Morgan fingerprint density at radius 1 is 1.45 bits per heavy atom. The highest BCUT2D eigenvalue weighted by Crippen LogP contribution is 2.29. The van der Waals surface area contributed by atoms with Gasteiger partial charge in [-0.05, 0) is 33.5 Å². The molecule has 1 atom stereocenters. The average Bonchev–Trinajstić information content (AvgIpc) is 2.80. The summed E-state index contributed by atoms with van der Waals surface area (Å²) in [7, 11) is 1.66. The number of hydrogen-bond acceptors (Lipinski definition) is 3. The van der Waals surface area contributed by atoms with E-state index in [4.69, 9.17) is 4.74 Å². The Kier molecular flexibility index (Phi) is 5.34. The number of nitrogens with zero attached hydrogens (tertiary/aromatic N) is 2. The Morgan fingerprint density at radius 2 is 2.25 bits per heavy atom. The zero-order chi connectivity index (χ0) is 14.5. The lowest BCUT2D eigenvalue weighted by atomic mass is 10.0. The van der Waals surface area contributed by atoms with Gasteiger partial charge in [-0.2, -0.15) is 5.10 Å². The first-order valence-electron chi connectivity index (χ1n) is 6.64. The molecule has 1 aromatic heterocycles. The molecule has 1 unspecified atom stereocenters. The molecule has 1 N–H and O–H groups in total. The number of hydrogen-bond donors (Lipinski definition) is 1. The van der Waals surface area contributed by atoms with E-state index in [-0.39, 0.29) is 0 Å². The Balaban J connectivity index is 2.33. The van der Waals surface area contributed by atoms with E-state index in [0.717, 1.165) is 34.3 Å². The van der Waals surface area contributed by atoms with Crippen LogP contribution in [0, 0.1) is 0 Å². The van der Waals surface area contributed by atoms with Crippen LogP contribution in [0.15, 0.2) is 34.9 Å². The van der Waals surface area contributed by atoms with E-state index in [2.05, 4.69) is 28.0 Å². The number of benzene rings is 1. The van der Waals surface area contributed by atoms with E-state index in [1.807, 2.05) is 28.9 Å². The maximum atomic E-state index is 10.6. The average molecular weight is 339 g/mol. The molecule has 0 aliphatic rings.